The average Bonchev–Trinajstić information content (AvgIpc) is 3.01. The second-order valence-corrected chi connectivity index (χ2v) is 8.53. The van der Waals surface area contributed by atoms with Crippen LogP contribution in [0.4, 0.5) is 0 Å². The molecule has 1 aliphatic rings. The Balaban J connectivity index is 1.47. The van der Waals surface area contributed by atoms with Crippen molar-refractivity contribution in [3.05, 3.63) is 47.0 Å². The molecule has 166 valence electrons. The number of ketones is 2. The van der Waals surface area contributed by atoms with Crippen LogP contribution in [0.5, 0.6) is 6.01 Å². The molecule has 0 aromatic carbocycles. The molecule has 0 aliphatic heterocycles. The predicted molar refractivity (Wildman–Crippen MR) is 119 cm³/mol. The van der Waals surface area contributed by atoms with Gasteiger partial charge in [-0.05, 0) is 69.1 Å². The highest BCUT2D eigenvalue weighted by Crippen LogP contribution is 2.25. The van der Waals surface area contributed by atoms with Crippen molar-refractivity contribution in [1.29, 1.82) is 0 Å². The lowest BCUT2D eigenvalue weighted by molar-refractivity contribution is -0.120. The molecule has 0 radical (unpaired) electrons. The maximum absolute atomic E-state index is 12.6. The minimum atomic E-state index is -0.179. The normalized spacial score (nSPS) is 14.4. The van der Waals surface area contributed by atoms with Crippen LogP contribution < -0.4 is 4.74 Å². The lowest BCUT2D eigenvalue weighted by atomic mass is 9.90. The highest BCUT2D eigenvalue weighted by atomic mass is 16.5. The predicted octanol–water partition coefficient (Wildman–Crippen LogP) is 4.58. The van der Waals surface area contributed by atoms with Gasteiger partial charge in [-0.3, -0.25) is 9.78 Å². The molecule has 6 nitrogen and oxygen atoms in total. The highest BCUT2D eigenvalue weighted by Gasteiger charge is 2.19. The van der Waals surface area contributed by atoms with Crippen LogP contribution in [0.15, 0.2) is 24.5 Å². The standard InChI is InChI=1S/C25H33N3O3/c1-18(29)14-20(21-16-26-25(31-2)27-17-21)15-23(30)10-7-6-9-22-13-12-19-8-4-3-5-11-24(19)28-22/h12-13,16-17,20H,3-11,14-15H2,1-2H3/t20-/m1/s1. The quantitative estimate of drug-likeness (QED) is 0.388. The van der Waals surface area contributed by atoms with Crippen molar-refractivity contribution in [3.63, 3.8) is 0 Å². The van der Waals surface area contributed by atoms with E-state index >= 15 is 0 Å². The summed E-state index contributed by atoms with van der Waals surface area (Å²) in [6.45, 7) is 1.55. The van der Waals surface area contributed by atoms with Gasteiger partial charge in [-0.2, -0.15) is 0 Å². The number of hydrogen-bond acceptors (Lipinski definition) is 6. The van der Waals surface area contributed by atoms with Gasteiger partial charge in [0.2, 0.25) is 0 Å². The van der Waals surface area contributed by atoms with E-state index in [2.05, 4.69) is 22.1 Å². The van der Waals surface area contributed by atoms with Crippen LogP contribution in [0.25, 0.3) is 0 Å². The van der Waals surface area contributed by atoms with E-state index < -0.39 is 0 Å². The number of hydrogen-bond donors (Lipinski definition) is 0. The molecule has 0 amide bonds. The Morgan fingerprint density at radius 1 is 1.03 bits per heavy atom. The van der Waals surface area contributed by atoms with Gasteiger partial charge in [-0.15, -0.1) is 0 Å². The molecule has 1 atom stereocenters. The van der Waals surface area contributed by atoms with Crippen LogP contribution in [0.1, 0.15) is 86.7 Å². The van der Waals surface area contributed by atoms with Crippen LogP contribution in [-0.4, -0.2) is 33.6 Å². The molecule has 6 heteroatoms. The molecule has 2 heterocycles. The maximum atomic E-state index is 12.6. The first-order valence-electron chi connectivity index (χ1n) is 11.4. The van der Waals surface area contributed by atoms with E-state index in [9.17, 15) is 9.59 Å². The number of rotatable bonds is 11. The number of Topliss-reactive ketones (excluding diaryl/α,β-unsaturated/α-hetero) is 2. The fourth-order valence-electron chi connectivity index (χ4n) is 4.25. The number of ether oxygens (including phenoxy) is 1. The fourth-order valence-corrected chi connectivity index (χ4v) is 4.25. The number of carbonyl (C=O) groups is 2. The first kappa shape index (κ1) is 23.0. The molecule has 0 saturated carbocycles. The molecule has 0 N–H and O–H groups in total. The van der Waals surface area contributed by atoms with Gasteiger partial charge in [0, 0.05) is 49.0 Å². The minimum absolute atomic E-state index is 0.0582. The van der Waals surface area contributed by atoms with E-state index in [-0.39, 0.29) is 23.5 Å². The van der Waals surface area contributed by atoms with E-state index in [1.165, 1.54) is 37.6 Å². The zero-order chi connectivity index (χ0) is 22.1. The average molecular weight is 424 g/mol. The number of methoxy groups -OCH3 is 1. The number of carbonyl (C=O) groups excluding carboxylic acids is 2. The number of unbranched alkanes of at least 4 members (excludes halogenated alkanes) is 1. The molecule has 3 rings (SSSR count). The van der Waals surface area contributed by atoms with Crippen LogP contribution in [-0.2, 0) is 28.9 Å². The van der Waals surface area contributed by atoms with Gasteiger partial charge in [0.05, 0.1) is 7.11 Å². The van der Waals surface area contributed by atoms with Gasteiger partial charge >= 0.3 is 6.01 Å². The van der Waals surface area contributed by atoms with Crippen molar-refractivity contribution in [2.45, 2.75) is 83.5 Å². The first-order valence-corrected chi connectivity index (χ1v) is 11.4. The second kappa shape index (κ2) is 11.7. The summed E-state index contributed by atoms with van der Waals surface area (Å²) in [4.78, 5) is 37.4. The summed E-state index contributed by atoms with van der Waals surface area (Å²) in [7, 11) is 1.51. The Morgan fingerprint density at radius 3 is 2.55 bits per heavy atom. The van der Waals surface area contributed by atoms with Gasteiger partial charge in [-0.25, -0.2) is 9.97 Å². The van der Waals surface area contributed by atoms with Crippen LogP contribution >= 0.6 is 0 Å². The summed E-state index contributed by atoms with van der Waals surface area (Å²) in [6, 6.07) is 4.68. The molecule has 1 aliphatic carbocycles. The first-order chi connectivity index (χ1) is 15.0. The van der Waals surface area contributed by atoms with Gasteiger partial charge in [-0.1, -0.05) is 12.5 Å². The lowest BCUT2D eigenvalue weighted by Gasteiger charge is -2.15. The van der Waals surface area contributed by atoms with Gasteiger partial charge in [0.15, 0.2) is 0 Å². The highest BCUT2D eigenvalue weighted by molar-refractivity contribution is 5.81. The summed E-state index contributed by atoms with van der Waals surface area (Å²) < 4.78 is 4.99. The number of pyridine rings is 1. The largest absolute Gasteiger partial charge is 0.467 e. The smallest absolute Gasteiger partial charge is 0.316 e. The Morgan fingerprint density at radius 2 is 1.81 bits per heavy atom. The van der Waals surface area contributed by atoms with Crippen LogP contribution in [0.3, 0.4) is 0 Å². The maximum Gasteiger partial charge on any atom is 0.316 e. The Bertz CT molecular complexity index is 880. The van der Waals surface area contributed by atoms with E-state index in [0.29, 0.717) is 19.3 Å². The number of aromatic nitrogens is 3. The molecule has 0 bridgehead atoms. The van der Waals surface area contributed by atoms with E-state index in [0.717, 1.165) is 43.4 Å². The van der Waals surface area contributed by atoms with Gasteiger partial charge in [0.1, 0.15) is 11.6 Å². The molecular formula is C25H33N3O3. The summed E-state index contributed by atoms with van der Waals surface area (Å²) in [6.07, 6.45) is 13.2. The molecule has 0 saturated heterocycles. The summed E-state index contributed by atoms with van der Waals surface area (Å²) in [5.74, 6) is 0.0574. The van der Waals surface area contributed by atoms with E-state index in [1.54, 1.807) is 19.3 Å². The van der Waals surface area contributed by atoms with Crippen molar-refractivity contribution in [2.75, 3.05) is 7.11 Å². The van der Waals surface area contributed by atoms with Crippen LogP contribution in [0.2, 0.25) is 0 Å². The van der Waals surface area contributed by atoms with Crippen molar-refractivity contribution in [2.24, 2.45) is 0 Å². The van der Waals surface area contributed by atoms with Gasteiger partial charge < -0.3 is 9.53 Å². The Labute approximate surface area is 184 Å². The van der Waals surface area contributed by atoms with Crippen molar-refractivity contribution >= 4 is 11.6 Å². The molecule has 2 aromatic heterocycles. The SMILES string of the molecule is COc1ncc([C@H](CC(C)=O)CC(=O)CCCCc2ccc3c(n2)CCCCC3)cn1. The fraction of sp³-hybridized carbons (Fsp3) is 0.560. The number of fused-ring (bicyclic) bond motifs is 1. The topological polar surface area (TPSA) is 82.0 Å². The third-order valence-electron chi connectivity index (χ3n) is 5.93. The second-order valence-electron chi connectivity index (χ2n) is 8.53. The molecular weight excluding hydrogens is 390 g/mol. The zero-order valence-electron chi connectivity index (χ0n) is 18.7. The summed E-state index contributed by atoms with van der Waals surface area (Å²) in [5.41, 5.74) is 4.63. The number of nitrogens with zero attached hydrogens (tertiary/aromatic N) is 3. The van der Waals surface area contributed by atoms with Gasteiger partial charge in [0.25, 0.3) is 0 Å². The zero-order valence-corrected chi connectivity index (χ0v) is 18.7. The third kappa shape index (κ3) is 7.23. The lowest BCUT2D eigenvalue weighted by Crippen LogP contribution is -2.11. The van der Waals surface area contributed by atoms with E-state index in [1.807, 2.05) is 0 Å². The summed E-state index contributed by atoms with van der Waals surface area (Å²) in [5, 5.41) is 0. The Kier molecular flexibility index (Phi) is 8.68. The Hall–Kier alpha value is -2.63. The third-order valence-corrected chi connectivity index (χ3v) is 5.93. The van der Waals surface area contributed by atoms with Crippen LogP contribution in [0, 0.1) is 0 Å². The van der Waals surface area contributed by atoms with Crippen molar-refractivity contribution in [1.82, 2.24) is 15.0 Å². The summed E-state index contributed by atoms with van der Waals surface area (Å²) >= 11 is 0. The minimum Gasteiger partial charge on any atom is -0.467 e. The van der Waals surface area contributed by atoms with E-state index in [4.69, 9.17) is 9.72 Å². The molecule has 2 aromatic rings. The molecule has 31 heavy (non-hydrogen) atoms. The van der Waals surface area contributed by atoms with Crippen molar-refractivity contribution in [3.8, 4) is 6.01 Å². The van der Waals surface area contributed by atoms with Crippen molar-refractivity contribution < 1.29 is 14.3 Å². The number of aryl methyl sites for hydroxylation is 3. The molecule has 0 spiro atoms. The monoisotopic (exact) mass is 423 g/mol. The molecule has 0 fully saturated rings. The molecule has 0 unspecified atom stereocenters.